The lowest BCUT2D eigenvalue weighted by Crippen LogP contribution is -2.39. The molecule has 0 saturated heterocycles. The number of aryl methyl sites for hydroxylation is 3. The monoisotopic (exact) mass is 441 g/mol. The minimum Gasteiger partial charge on any atom is -0.462 e. The molecule has 3 nitrogen and oxygen atoms in total. The minimum atomic E-state index is -0.910. The van der Waals surface area contributed by atoms with Gasteiger partial charge in [-0.1, -0.05) is 93.6 Å². The topological polar surface area (TPSA) is 52.3 Å². The summed E-state index contributed by atoms with van der Waals surface area (Å²) in [5.74, 6) is -0.311. The second-order valence-electron chi connectivity index (χ2n) is 8.38. The van der Waals surface area contributed by atoms with Gasteiger partial charge in [0.25, 0.3) is 0 Å². The first-order valence-electron chi connectivity index (χ1n) is 11.8. The van der Waals surface area contributed by atoms with Crippen molar-refractivity contribution >= 4 is 11.5 Å². The molecule has 2 N–H and O–H groups in total. The maximum atomic E-state index is 11.5. The lowest BCUT2D eigenvalue weighted by atomic mass is 9.74. The van der Waals surface area contributed by atoms with E-state index in [1.165, 1.54) is 23.6 Å². The van der Waals surface area contributed by atoms with E-state index in [2.05, 4.69) is 93.6 Å². The van der Waals surface area contributed by atoms with Gasteiger partial charge in [0, 0.05) is 6.92 Å². The van der Waals surface area contributed by atoms with Gasteiger partial charge in [-0.05, 0) is 64.3 Å². The minimum absolute atomic E-state index is 0.166. The van der Waals surface area contributed by atoms with E-state index >= 15 is 0 Å². The van der Waals surface area contributed by atoms with E-state index in [1.807, 2.05) is 6.08 Å². The van der Waals surface area contributed by atoms with Gasteiger partial charge in [-0.25, -0.2) is 0 Å². The lowest BCUT2D eigenvalue weighted by molar-refractivity contribution is -0.139. The Bertz CT molecular complexity index is 1030. The molecule has 0 fully saturated rings. The molecule has 172 valence electrons. The van der Waals surface area contributed by atoms with Crippen molar-refractivity contribution in [3.8, 4) is 0 Å². The summed E-state index contributed by atoms with van der Waals surface area (Å²) in [5, 5.41) is 0. The van der Waals surface area contributed by atoms with Crippen LogP contribution in [0.5, 0.6) is 0 Å². The van der Waals surface area contributed by atoms with E-state index in [-0.39, 0.29) is 12.6 Å². The quantitative estimate of drug-likeness (QED) is 0.401. The van der Waals surface area contributed by atoms with Gasteiger partial charge < -0.3 is 10.5 Å². The van der Waals surface area contributed by atoms with Crippen LogP contribution in [0.15, 0.2) is 78.9 Å². The summed E-state index contributed by atoms with van der Waals surface area (Å²) in [5.41, 5.74) is 14.2. The Morgan fingerprint density at radius 3 is 1.52 bits per heavy atom. The molecule has 3 rings (SSSR count). The molecule has 0 aliphatic carbocycles. The molecular formula is C30H35NO2. The third-order valence-electron chi connectivity index (χ3n) is 6.31. The number of carbonyl (C=O) groups excluding carboxylic acids is 1. The molecule has 0 aliphatic heterocycles. The van der Waals surface area contributed by atoms with E-state index in [0.717, 1.165) is 41.5 Å². The smallest absolute Gasteiger partial charge is 0.302 e. The molecule has 0 unspecified atom stereocenters. The van der Waals surface area contributed by atoms with E-state index in [9.17, 15) is 4.79 Å². The third-order valence-corrected chi connectivity index (χ3v) is 6.31. The molecule has 0 heterocycles. The highest BCUT2D eigenvalue weighted by atomic mass is 16.5. The highest BCUT2D eigenvalue weighted by Crippen LogP contribution is 2.40. The molecule has 0 spiro atoms. The second-order valence-corrected chi connectivity index (χ2v) is 8.38. The predicted molar refractivity (Wildman–Crippen MR) is 137 cm³/mol. The van der Waals surface area contributed by atoms with E-state index < -0.39 is 5.54 Å². The van der Waals surface area contributed by atoms with Gasteiger partial charge in [0.1, 0.15) is 6.61 Å². The summed E-state index contributed by atoms with van der Waals surface area (Å²) < 4.78 is 5.31. The van der Waals surface area contributed by atoms with Crippen molar-refractivity contribution in [1.29, 1.82) is 0 Å². The van der Waals surface area contributed by atoms with Crippen molar-refractivity contribution in [3.05, 3.63) is 112 Å². The second kappa shape index (κ2) is 11.1. The fraction of sp³-hybridized carbons (Fsp3) is 0.300. The summed E-state index contributed by atoms with van der Waals surface area (Å²) in [7, 11) is 0. The van der Waals surface area contributed by atoms with Crippen LogP contribution in [0, 0.1) is 0 Å². The van der Waals surface area contributed by atoms with Crippen LogP contribution in [0.4, 0.5) is 0 Å². The van der Waals surface area contributed by atoms with Gasteiger partial charge in [-0.3, -0.25) is 4.79 Å². The number of esters is 1. The zero-order valence-corrected chi connectivity index (χ0v) is 20.2. The molecule has 3 aromatic carbocycles. The number of rotatable bonds is 9. The van der Waals surface area contributed by atoms with Gasteiger partial charge in [-0.2, -0.15) is 0 Å². The number of nitrogens with two attached hydrogens (primary N) is 1. The number of hydrogen-bond acceptors (Lipinski definition) is 3. The summed E-state index contributed by atoms with van der Waals surface area (Å²) in [6, 6.07) is 25.5. The van der Waals surface area contributed by atoms with Gasteiger partial charge in [0.2, 0.25) is 0 Å². The molecule has 3 aromatic rings. The zero-order valence-electron chi connectivity index (χ0n) is 20.2. The Balaban J connectivity index is 2.23. The molecule has 3 heteroatoms. The Labute approximate surface area is 198 Å². The lowest BCUT2D eigenvalue weighted by Gasteiger charge is -2.34. The van der Waals surface area contributed by atoms with Crippen LogP contribution in [0.1, 0.15) is 61.1 Å². The number of ether oxygens (including phenoxy) is 1. The van der Waals surface area contributed by atoms with Crippen LogP contribution in [-0.4, -0.2) is 12.6 Å². The zero-order chi connectivity index (χ0) is 23.8. The average molecular weight is 442 g/mol. The van der Waals surface area contributed by atoms with Crippen LogP contribution in [0.2, 0.25) is 0 Å². The molecule has 0 atom stereocenters. The van der Waals surface area contributed by atoms with Crippen molar-refractivity contribution < 1.29 is 9.53 Å². The highest BCUT2D eigenvalue weighted by molar-refractivity contribution is 5.79. The first-order chi connectivity index (χ1) is 15.9. The molecule has 0 aromatic heterocycles. The molecule has 0 bridgehead atoms. The van der Waals surface area contributed by atoms with Crippen molar-refractivity contribution in [2.24, 2.45) is 5.73 Å². The summed E-state index contributed by atoms with van der Waals surface area (Å²) in [6.07, 6.45) is 4.86. The van der Waals surface area contributed by atoms with Crippen LogP contribution in [0.3, 0.4) is 0 Å². The van der Waals surface area contributed by atoms with Crippen LogP contribution < -0.4 is 5.73 Å². The van der Waals surface area contributed by atoms with Crippen molar-refractivity contribution in [1.82, 2.24) is 0 Å². The number of carbonyl (C=O) groups is 1. The van der Waals surface area contributed by atoms with Gasteiger partial charge in [0.05, 0.1) is 5.54 Å². The van der Waals surface area contributed by atoms with Crippen molar-refractivity contribution in [2.75, 3.05) is 6.61 Å². The fourth-order valence-corrected chi connectivity index (χ4v) is 4.15. The van der Waals surface area contributed by atoms with Gasteiger partial charge >= 0.3 is 5.97 Å². The third kappa shape index (κ3) is 5.61. The van der Waals surface area contributed by atoms with Gasteiger partial charge in [0.15, 0.2) is 0 Å². The number of hydrogen-bond donors (Lipinski definition) is 1. The van der Waals surface area contributed by atoms with Crippen LogP contribution >= 0.6 is 0 Å². The summed E-state index contributed by atoms with van der Waals surface area (Å²) >= 11 is 0. The van der Waals surface area contributed by atoms with Gasteiger partial charge in [-0.15, -0.1) is 0 Å². The standard InChI is InChI=1S/C30H35NO2/c1-5-23-8-14-26(15-9-23)29(20-21-33-22(4)32)30(31,27-16-10-24(6-2)11-17-27)28-18-12-25(7-3)13-19-28/h8-20H,5-7,21,31H2,1-4H3. The van der Waals surface area contributed by atoms with E-state index in [1.54, 1.807) is 0 Å². The normalized spacial score (nSPS) is 12.0. The first kappa shape index (κ1) is 24.5. The molecule has 0 saturated carbocycles. The molecule has 0 radical (unpaired) electrons. The first-order valence-corrected chi connectivity index (χ1v) is 11.8. The maximum absolute atomic E-state index is 11.5. The Morgan fingerprint density at radius 2 is 1.15 bits per heavy atom. The van der Waals surface area contributed by atoms with Crippen LogP contribution in [0.25, 0.3) is 5.57 Å². The van der Waals surface area contributed by atoms with E-state index in [0.29, 0.717) is 0 Å². The highest BCUT2D eigenvalue weighted by Gasteiger charge is 2.35. The average Bonchev–Trinajstić information content (AvgIpc) is 2.86. The Hall–Kier alpha value is -3.17. The largest absolute Gasteiger partial charge is 0.462 e. The van der Waals surface area contributed by atoms with Crippen molar-refractivity contribution in [2.45, 2.75) is 52.5 Å². The number of benzene rings is 3. The van der Waals surface area contributed by atoms with Crippen LogP contribution in [-0.2, 0) is 34.3 Å². The van der Waals surface area contributed by atoms with E-state index in [4.69, 9.17) is 10.5 Å². The summed E-state index contributed by atoms with van der Waals surface area (Å²) in [4.78, 5) is 11.5. The fourth-order valence-electron chi connectivity index (χ4n) is 4.15. The van der Waals surface area contributed by atoms with Crippen molar-refractivity contribution in [3.63, 3.8) is 0 Å². The molecule has 0 aliphatic rings. The predicted octanol–water partition coefficient (Wildman–Crippen LogP) is 6.22. The molecule has 33 heavy (non-hydrogen) atoms. The SMILES string of the molecule is CCc1ccc(C(=CCOC(C)=O)C(N)(c2ccc(CC)cc2)c2ccc(CC)cc2)cc1. The Kier molecular flexibility index (Phi) is 8.24. The summed E-state index contributed by atoms with van der Waals surface area (Å²) in [6.45, 7) is 8.03. The Morgan fingerprint density at radius 1 is 0.758 bits per heavy atom. The molecule has 0 amide bonds. The molecular weight excluding hydrogens is 406 g/mol. The maximum Gasteiger partial charge on any atom is 0.302 e.